The highest BCUT2D eigenvalue weighted by Crippen LogP contribution is 2.45. The number of para-hydroxylation sites is 6. The van der Waals surface area contributed by atoms with Gasteiger partial charge < -0.3 is 40.2 Å². The van der Waals surface area contributed by atoms with Crippen LogP contribution in [-0.4, -0.2) is 21.8 Å². The second-order valence-electron chi connectivity index (χ2n) is 28.5. The van der Waals surface area contributed by atoms with E-state index >= 15 is 0 Å². The molecule has 0 N–H and O–H groups in total. The summed E-state index contributed by atoms with van der Waals surface area (Å²) in [4.78, 5) is 0. The Kier molecular flexibility index (Phi) is 11.0. The molecule has 25 aromatic rings. The molecule has 0 aliphatic carbocycles. The lowest BCUT2D eigenvalue weighted by Gasteiger charge is -2.34. The number of furan rings is 6. The zero-order valence-electron chi connectivity index (χ0n) is 56.4. The fourth-order valence-corrected chi connectivity index (χ4v) is 23.3. The summed E-state index contributed by atoms with van der Waals surface area (Å²) in [6, 6.07) is 116. The van der Waals surface area contributed by atoms with Crippen molar-refractivity contribution >= 4 is 226 Å². The second-order valence-corrected chi connectivity index (χ2v) is 32.4. The lowest BCUT2D eigenvalue weighted by molar-refractivity contribution is 0.664. The summed E-state index contributed by atoms with van der Waals surface area (Å²) in [7, 11) is -3.49. The van der Waals surface area contributed by atoms with Crippen molar-refractivity contribution in [2.45, 2.75) is 0 Å². The van der Waals surface area contributed by atoms with Gasteiger partial charge in [0.05, 0.1) is 33.1 Å². The number of aromatic nitrogens is 3. The van der Waals surface area contributed by atoms with Crippen LogP contribution in [0, 0.1) is 0 Å². The lowest BCUT2D eigenvalue weighted by Crippen LogP contribution is -2.74. The molecular formula is C96H53N3O6Si. The van der Waals surface area contributed by atoms with Crippen LogP contribution >= 0.6 is 0 Å². The molecule has 0 unspecified atom stereocenters. The molecule has 0 aliphatic heterocycles. The van der Waals surface area contributed by atoms with E-state index in [2.05, 4.69) is 335 Å². The van der Waals surface area contributed by atoms with Gasteiger partial charge in [-0.15, -0.1) is 0 Å². The molecule has 0 fully saturated rings. The fourth-order valence-electron chi connectivity index (χ4n) is 18.5. The molecule has 0 bridgehead atoms. The van der Waals surface area contributed by atoms with E-state index in [4.69, 9.17) is 26.5 Å². The fraction of sp³-hybridized carbons (Fsp3) is 0. The summed E-state index contributed by atoms with van der Waals surface area (Å²) in [5, 5.41) is 24.0. The van der Waals surface area contributed by atoms with Crippen molar-refractivity contribution in [1.29, 1.82) is 0 Å². The Balaban J connectivity index is 0.692. The van der Waals surface area contributed by atoms with Gasteiger partial charge in [-0.25, -0.2) is 0 Å². The smallest absolute Gasteiger partial charge is 0.179 e. The van der Waals surface area contributed by atoms with Gasteiger partial charge in [-0.1, -0.05) is 176 Å². The zero-order valence-corrected chi connectivity index (χ0v) is 57.4. The number of nitrogens with zero attached hydrogens (tertiary/aromatic N) is 3. The molecule has 0 aliphatic rings. The van der Waals surface area contributed by atoms with E-state index in [1.807, 2.05) is 0 Å². The highest BCUT2D eigenvalue weighted by Gasteiger charge is 2.43. The summed E-state index contributed by atoms with van der Waals surface area (Å²) in [5.41, 5.74) is 19.7. The molecule has 0 atom stereocenters. The number of hydrogen-bond donors (Lipinski definition) is 0. The van der Waals surface area contributed by atoms with Crippen molar-refractivity contribution in [3.63, 3.8) is 0 Å². The van der Waals surface area contributed by atoms with Gasteiger partial charge in [0.1, 0.15) is 67.0 Å². The average molecular weight is 1370 g/mol. The van der Waals surface area contributed by atoms with Gasteiger partial charge in [-0.3, -0.25) is 0 Å². The summed E-state index contributed by atoms with van der Waals surface area (Å²) < 4.78 is 48.8. The van der Waals surface area contributed by atoms with E-state index in [0.717, 1.165) is 182 Å². The zero-order chi connectivity index (χ0) is 68.8. The van der Waals surface area contributed by atoms with E-state index in [-0.39, 0.29) is 0 Å². The molecule has 0 amide bonds. The second kappa shape index (κ2) is 20.6. The minimum Gasteiger partial charge on any atom is -0.456 e. The molecule has 9 heterocycles. The predicted molar refractivity (Wildman–Crippen MR) is 437 cm³/mol. The quantitative estimate of drug-likeness (QED) is 0.117. The number of rotatable bonds is 7. The summed E-state index contributed by atoms with van der Waals surface area (Å²) >= 11 is 0. The van der Waals surface area contributed by atoms with Crippen LogP contribution < -0.4 is 20.7 Å². The van der Waals surface area contributed by atoms with Gasteiger partial charge in [0.2, 0.25) is 0 Å². The van der Waals surface area contributed by atoms with Crippen molar-refractivity contribution in [3.8, 4) is 17.1 Å². The first-order chi connectivity index (χ1) is 52.5. The maximum atomic E-state index is 7.03. The Bertz CT molecular complexity index is 7300. The van der Waals surface area contributed by atoms with Gasteiger partial charge in [0.25, 0.3) is 0 Å². The largest absolute Gasteiger partial charge is 0.456 e. The van der Waals surface area contributed by atoms with Crippen molar-refractivity contribution in [3.05, 3.63) is 322 Å². The molecule has 106 heavy (non-hydrogen) atoms. The molecule has 9 aromatic heterocycles. The van der Waals surface area contributed by atoms with Crippen molar-refractivity contribution in [1.82, 2.24) is 13.7 Å². The Morgan fingerprint density at radius 1 is 0.151 bits per heavy atom. The van der Waals surface area contributed by atoms with Gasteiger partial charge in [-0.2, -0.15) is 0 Å². The maximum absolute atomic E-state index is 7.03. The van der Waals surface area contributed by atoms with Crippen molar-refractivity contribution < 1.29 is 26.5 Å². The molecule has 0 spiro atoms. The normalized spacial score (nSPS) is 12.7. The van der Waals surface area contributed by atoms with E-state index in [1.54, 1.807) is 0 Å². The lowest BCUT2D eigenvalue weighted by atomic mass is 10.1. The van der Waals surface area contributed by atoms with Crippen LogP contribution in [0.25, 0.3) is 214 Å². The Morgan fingerprint density at radius 3 is 0.613 bits per heavy atom. The molecule has 0 saturated heterocycles. The average Bonchev–Trinajstić information content (AvgIpc) is 1.32. The SMILES string of the molecule is c1ccc([Si](c2ccc3oc4cc5c(cc4c3c2)oc2ccc(-n3c4ccccc4c4ccccc43)cc25)(c2ccc3oc4cc5c(cc4c3c2)oc2ccc(-n3c4ccccc4c4ccccc43)cc25)c2ccc3oc4cc5c(cc4c3c2)oc2ccc(-n3c4ccccc4c4ccccc43)cc25)cc1. The van der Waals surface area contributed by atoms with E-state index in [9.17, 15) is 0 Å². The molecule has 0 saturated carbocycles. The van der Waals surface area contributed by atoms with Crippen molar-refractivity contribution in [2.75, 3.05) is 0 Å². The van der Waals surface area contributed by atoms with Gasteiger partial charge in [0, 0.05) is 114 Å². The maximum Gasteiger partial charge on any atom is 0.179 e. The first kappa shape index (κ1) is 56.6. The summed E-state index contributed by atoms with van der Waals surface area (Å²) in [6.45, 7) is 0. The highest BCUT2D eigenvalue weighted by atomic mass is 28.3. The van der Waals surface area contributed by atoms with Crippen LogP contribution in [0.2, 0.25) is 0 Å². The molecule has 25 rings (SSSR count). The Labute approximate surface area is 600 Å². The van der Waals surface area contributed by atoms with Crippen LogP contribution in [0.5, 0.6) is 0 Å². The van der Waals surface area contributed by atoms with Crippen molar-refractivity contribution in [2.24, 2.45) is 0 Å². The minimum absolute atomic E-state index is 0.786. The van der Waals surface area contributed by atoms with Gasteiger partial charge in [0.15, 0.2) is 8.07 Å². The molecular weight excluding hydrogens is 1320 g/mol. The number of fused-ring (bicyclic) bond motifs is 27. The van der Waals surface area contributed by atoms with E-state index in [0.29, 0.717) is 0 Å². The third-order valence-electron chi connectivity index (χ3n) is 23.2. The molecule has 492 valence electrons. The summed E-state index contributed by atoms with van der Waals surface area (Å²) in [5.74, 6) is 0. The van der Waals surface area contributed by atoms with E-state index in [1.165, 1.54) is 53.1 Å². The van der Waals surface area contributed by atoms with Crippen LogP contribution in [0.1, 0.15) is 0 Å². The minimum atomic E-state index is -3.49. The van der Waals surface area contributed by atoms with Crippen LogP contribution in [0.3, 0.4) is 0 Å². The number of hydrogen-bond acceptors (Lipinski definition) is 6. The van der Waals surface area contributed by atoms with Crippen LogP contribution in [0.15, 0.2) is 348 Å². The molecule has 10 heteroatoms. The molecule has 0 radical (unpaired) electrons. The number of benzene rings is 16. The molecule has 16 aromatic carbocycles. The van der Waals surface area contributed by atoms with Gasteiger partial charge >= 0.3 is 0 Å². The summed E-state index contributed by atoms with van der Waals surface area (Å²) in [6.07, 6.45) is 0. The third-order valence-corrected chi connectivity index (χ3v) is 27.9. The first-order valence-corrected chi connectivity index (χ1v) is 38.0. The Morgan fingerprint density at radius 2 is 0.358 bits per heavy atom. The Hall–Kier alpha value is -14.1. The monoisotopic (exact) mass is 1370 g/mol. The van der Waals surface area contributed by atoms with Gasteiger partial charge in [-0.05, 0) is 166 Å². The topological polar surface area (TPSA) is 93.6 Å². The van der Waals surface area contributed by atoms with Crippen LogP contribution in [0.4, 0.5) is 0 Å². The van der Waals surface area contributed by atoms with E-state index < -0.39 is 8.07 Å². The predicted octanol–water partition coefficient (Wildman–Crippen LogP) is 23.8. The third kappa shape index (κ3) is 7.60. The molecule has 9 nitrogen and oxygen atoms in total. The first-order valence-electron chi connectivity index (χ1n) is 36.0. The van der Waals surface area contributed by atoms with Crippen LogP contribution in [-0.2, 0) is 0 Å². The standard InChI is InChI=1S/C96H53N3O6Si/c1-2-16-57(17-3-1)106(58-33-39-88-70(45-58)76-51-91-73(48-94(76)103-88)67-42-54(30-36-85(67)100-91)97-79-24-10-4-18-61(79)62-19-5-11-25-80(62)97,59-34-40-89-71(46-59)77-52-92-74(49-95(77)104-89)68-43-55(31-37-86(68)101-92)98-81-26-12-6-20-63(81)64-21-7-13-27-82(64)98)60-35-41-90-72(47-60)78-53-93-75(50-96(78)105-90)69-44-56(32-38-87(69)102-93)99-83-28-14-8-22-65(83)66-23-9-15-29-84(66)99/h1-53H. The highest BCUT2D eigenvalue weighted by molar-refractivity contribution is 7.20.